The van der Waals surface area contributed by atoms with Gasteiger partial charge in [-0.15, -0.1) is 13.2 Å². The Bertz CT molecular complexity index is 973. The minimum Gasteiger partial charge on any atom is -0.508 e. The molecule has 0 saturated heterocycles. The van der Waals surface area contributed by atoms with Gasteiger partial charge in [-0.05, 0) is 66.6 Å². The van der Waals surface area contributed by atoms with Crippen molar-refractivity contribution in [1.82, 2.24) is 5.32 Å². The van der Waals surface area contributed by atoms with Crippen LogP contribution in [0.1, 0.15) is 40.9 Å². The Morgan fingerprint density at radius 3 is 2.73 bits per heavy atom. The zero-order valence-corrected chi connectivity index (χ0v) is 17.2. The van der Waals surface area contributed by atoms with Crippen LogP contribution in [0.3, 0.4) is 0 Å². The number of carbonyl (C=O) groups excluding carboxylic acids is 1. The first-order valence-corrected chi connectivity index (χ1v) is 10.0. The highest BCUT2D eigenvalue weighted by Crippen LogP contribution is 2.31. The lowest BCUT2D eigenvalue weighted by atomic mass is 9.86. The minimum absolute atomic E-state index is 0.0349. The molecule has 2 rings (SSSR count). The zero-order valence-electron chi connectivity index (χ0n) is 20.2. The number of hydrogen-bond acceptors (Lipinski definition) is 5. The molecule has 1 aromatic carbocycles. The number of hydrogen-bond donors (Lipinski definition) is 5. The summed E-state index contributed by atoms with van der Waals surface area (Å²) in [6.45, 7) is 7.86. The van der Waals surface area contributed by atoms with Gasteiger partial charge >= 0.3 is 0 Å². The van der Waals surface area contributed by atoms with Crippen molar-refractivity contribution in [3.8, 4) is 5.75 Å². The van der Waals surface area contributed by atoms with E-state index in [-0.39, 0.29) is 29.3 Å². The van der Waals surface area contributed by atoms with E-state index in [0.29, 0.717) is 36.9 Å². The van der Waals surface area contributed by atoms with Gasteiger partial charge in [-0.2, -0.15) is 0 Å². The number of rotatable bonds is 11. The molecule has 162 valence electrons. The van der Waals surface area contributed by atoms with Gasteiger partial charge < -0.3 is 27.0 Å². The maximum absolute atomic E-state index is 12.7. The highest BCUT2D eigenvalue weighted by molar-refractivity contribution is 5.83. The molecule has 3 atom stereocenters. The lowest BCUT2D eigenvalue weighted by molar-refractivity contribution is -0.123. The highest BCUT2D eigenvalue weighted by Gasteiger charge is 2.29. The lowest BCUT2D eigenvalue weighted by Gasteiger charge is -2.29. The molecule has 0 heterocycles. The first-order chi connectivity index (χ1) is 15.6. The van der Waals surface area contributed by atoms with Gasteiger partial charge in [0, 0.05) is 0 Å². The molecule has 1 aliphatic rings. The van der Waals surface area contributed by atoms with Crippen LogP contribution in [0, 0.1) is 0 Å². The van der Waals surface area contributed by atoms with E-state index in [1.165, 1.54) is 6.07 Å². The monoisotopic (exact) mass is 414 g/mol. The third-order valence-electron chi connectivity index (χ3n) is 4.86. The molecule has 0 radical (unpaired) electrons. The van der Waals surface area contributed by atoms with E-state index < -0.39 is 30.1 Å². The summed E-state index contributed by atoms with van der Waals surface area (Å²) in [5.41, 5.74) is 12.6. The Kier molecular flexibility index (Phi) is 7.40. The van der Waals surface area contributed by atoms with E-state index >= 15 is 0 Å². The molecule has 3 unspecified atom stereocenters. The number of nitrogens with two attached hydrogens (primary N) is 2. The van der Waals surface area contributed by atoms with Gasteiger partial charge in [0.2, 0.25) is 5.91 Å². The van der Waals surface area contributed by atoms with Gasteiger partial charge in [-0.25, -0.2) is 0 Å². The number of phenols is 1. The standard InChI is InChI=1S/C24H33N3O3/c1-3-7-16-13-19(17-10-11-22(28)18(15-17)8-4-2)23(29)21(14-16)27-24(30)20(26)9-5-6-12-25/h3-4,10-11,13-15,20-21,23,28-29H,1-2,5-9,12,25-26H2,(H,27,30)/i10D,11D,23D. The normalized spacial score (nSPS) is 23.3. The van der Waals surface area contributed by atoms with E-state index in [1.54, 1.807) is 24.3 Å². The van der Waals surface area contributed by atoms with Crippen LogP contribution >= 0.6 is 0 Å². The molecule has 7 N–H and O–H groups in total. The highest BCUT2D eigenvalue weighted by atomic mass is 16.3. The van der Waals surface area contributed by atoms with Crippen LogP contribution in [0.15, 0.2) is 61.2 Å². The fraction of sp³-hybridized carbons (Fsp3) is 0.375. The Hall–Kier alpha value is -2.67. The number of unbranched alkanes of at least 4 members (excludes halogenated alkanes) is 1. The number of aliphatic hydroxyl groups is 1. The molecule has 1 amide bonds. The summed E-state index contributed by atoms with van der Waals surface area (Å²) >= 11 is 0. The van der Waals surface area contributed by atoms with Gasteiger partial charge in [0.1, 0.15) is 11.8 Å². The first kappa shape index (κ1) is 19.3. The molecule has 0 aliphatic heterocycles. The largest absolute Gasteiger partial charge is 0.508 e. The van der Waals surface area contributed by atoms with Crippen LogP contribution in [0.5, 0.6) is 5.75 Å². The van der Waals surface area contributed by atoms with Crippen LogP contribution in [0.25, 0.3) is 5.57 Å². The van der Waals surface area contributed by atoms with Crippen LogP contribution in [-0.4, -0.2) is 40.8 Å². The summed E-state index contributed by atoms with van der Waals surface area (Å²) in [5.74, 6) is -0.854. The number of nitrogens with one attached hydrogen (secondary N) is 1. The molecule has 0 spiro atoms. The molecular formula is C24H33N3O3. The van der Waals surface area contributed by atoms with Crippen LogP contribution in [-0.2, 0) is 11.2 Å². The van der Waals surface area contributed by atoms with E-state index in [2.05, 4.69) is 18.5 Å². The van der Waals surface area contributed by atoms with Crippen molar-refractivity contribution < 1.29 is 19.1 Å². The third kappa shape index (κ3) is 6.16. The number of aromatic hydroxyl groups is 1. The maximum atomic E-state index is 12.7. The smallest absolute Gasteiger partial charge is 0.237 e. The molecule has 6 heteroatoms. The van der Waals surface area contributed by atoms with Gasteiger partial charge in [0.15, 0.2) is 0 Å². The van der Waals surface area contributed by atoms with Crippen LogP contribution < -0.4 is 16.8 Å². The second-order valence-electron chi connectivity index (χ2n) is 7.23. The van der Waals surface area contributed by atoms with Crippen LogP contribution in [0.2, 0.25) is 0 Å². The van der Waals surface area contributed by atoms with Crippen LogP contribution in [0.4, 0.5) is 0 Å². The van der Waals surface area contributed by atoms with Crippen molar-refractivity contribution in [1.29, 1.82) is 0 Å². The molecule has 1 aliphatic carbocycles. The lowest BCUT2D eigenvalue weighted by Crippen LogP contribution is -2.50. The Balaban J connectivity index is 2.48. The van der Waals surface area contributed by atoms with Gasteiger partial charge in [-0.3, -0.25) is 4.79 Å². The summed E-state index contributed by atoms with van der Waals surface area (Å²) in [4.78, 5) is 12.7. The quantitative estimate of drug-likeness (QED) is 0.281. The number of allylic oxidation sites excluding steroid dienone is 4. The van der Waals surface area contributed by atoms with E-state index in [0.717, 1.165) is 6.42 Å². The zero-order chi connectivity index (χ0) is 24.8. The van der Waals surface area contributed by atoms with Crippen molar-refractivity contribution in [2.45, 2.75) is 50.3 Å². The van der Waals surface area contributed by atoms with E-state index in [9.17, 15) is 15.0 Å². The number of benzene rings is 1. The Labute approximate surface area is 182 Å². The third-order valence-corrected chi connectivity index (χ3v) is 4.86. The molecule has 0 saturated carbocycles. The molecule has 0 fully saturated rings. The van der Waals surface area contributed by atoms with Gasteiger partial charge in [0.25, 0.3) is 0 Å². The topological polar surface area (TPSA) is 122 Å². The molecule has 6 nitrogen and oxygen atoms in total. The predicted octanol–water partition coefficient (Wildman–Crippen LogP) is 2.32. The van der Waals surface area contributed by atoms with E-state index in [1.807, 2.05) is 0 Å². The summed E-state index contributed by atoms with van der Waals surface area (Å²) in [6.07, 6.45) is 6.43. The second kappa shape index (κ2) is 11.5. The average molecular weight is 415 g/mol. The van der Waals surface area contributed by atoms with Crippen molar-refractivity contribution in [2.24, 2.45) is 11.5 Å². The Morgan fingerprint density at radius 1 is 1.33 bits per heavy atom. The molecule has 0 aromatic heterocycles. The van der Waals surface area contributed by atoms with Crippen molar-refractivity contribution in [2.75, 3.05) is 6.54 Å². The fourth-order valence-corrected chi connectivity index (χ4v) is 3.23. The summed E-state index contributed by atoms with van der Waals surface area (Å²) in [6, 6.07) is -1.25. The van der Waals surface area contributed by atoms with E-state index in [4.69, 9.17) is 15.6 Å². The fourth-order valence-electron chi connectivity index (χ4n) is 3.23. The maximum Gasteiger partial charge on any atom is 0.237 e. The molecular weight excluding hydrogens is 378 g/mol. The summed E-state index contributed by atoms with van der Waals surface area (Å²) < 4.78 is 25.2. The molecule has 30 heavy (non-hydrogen) atoms. The van der Waals surface area contributed by atoms with Crippen molar-refractivity contribution >= 4 is 11.5 Å². The van der Waals surface area contributed by atoms with Crippen molar-refractivity contribution in [3.63, 3.8) is 0 Å². The average Bonchev–Trinajstić information content (AvgIpc) is 2.76. The van der Waals surface area contributed by atoms with Gasteiger partial charge in [-0.1, -0.05) is 36.8 Å². The second-order valence-corrected chi connectivity index (χ2v) is 7.23. The van der Waals surface area contributed by atoms with Gasteiger partial charge in [0.05, 0.1) is 16.2 Å². The molecule has 1 aromatic rings. The summed E-state index contributed by atoms with van der Waals surface area (Å²) in [7, 11) is 0. The SMILES string of the molecule is [2H]c1c(C2=CC(CC=C)=CC(NC(=O)C(N)CCCCN)C2([2H])O)cc(CC=C)c(O)c1[2H]. The first-order valence-electron chi connectivity index (χ1n) is 11.5. The number of phenolic OH excluding ortho intramolecular Hbond substituents is 1. The summed E-state index contributed by atoms with van der Waals surface area (Å²) in [5, 5.41) is 24.1. The van der Waals surface area contributed by atoms with Crippen molar-refractivity contribution in [3.05, 3.63) is 72.3 Å². The number of carbonyl (C=O) groups is 1. The Morgan fingerprint density at radius 2 is 2.07 bits per heavy atom. The molecule has 0 bridgehead atoms. The predicted molar refractivity (Wildman–Crippen MR) is 122 cm³/mol. The minimum atomic E-state index is -2.35. The number of amides is 1.